The number of thioether (sulfide) groups is 1. The van der Waals surface area contributed by atoms with Crippen LogP contribution in [0.5, 0.6) is 0 Å². The van der Waals surface area contributed by atoms with Gasteiger partial charge in [-0.05, 0) is 30.4 Å². The Hall–Kier alpha value is -1.56. The quantitative estimate of drug-likeness (QED) is 0.629. The van der Waals surface area contributed by atoms with Gasteiger partial charge in [0.05, 0.1) is 5.75 Å². The molecule has 2 rings (SSSR count). The van der Waals surface area contributed by atoms with Gasteiger partial charge in [-0.25, -0.2) is 4.39 Å². The first kappa shape index (κ1) is 18.8. The van der Waals surface area contributed by atoms with E-state index in [1.165, 1.54) is 12.5 Å². The number of benzene rings is 1. The van der Waals surface area contributed by atoms with E-state index in [0.717, 1.165) is 24.6 Å². The summed E-state index contributed by atoms with van der Waals surface area (Å²) in [6, 6.07) is 6.39. The lowest BCUT2D eigenvalue weighted by Gasteiger charge is -2.34. The summed E-state index contributed by atoms with van der Waals surface area (Å²) in [7, 11) is 0. The molecule has 1 aromatic carbocycles. The van der Waals surface area contributed by atoms with Crippen LogP contribution in [0.15, 0.2) is 29.2 Å². The molecule has 4 nitrogen and oxygen atoms in total. The molecule has 1 aliphatic carbocycles. The predicted molar refractivity (Wildman–Crippen MR) is 92.2 cm³/mol. The molecule has 0 saturated heterocycles. The predicted octanol–water partition coefficient (Wildman–Crippen LogP) is 3.40. The Labute approximate surface area is 146 Å². The Morgan fingerprint density at radius 2 is 2.04 bits per heavy atom. The summed E-state index contributed by atoms with van der Waals surface area (Å²) in [5, 5.41) is 2.95. The monoisotopic (exact) mass is 353 g/mol. The second-order valence-corrected chi connectivity index (χ2v) is 7.34. The van der Waals surface area contributed by atoms with Gasteiger partial charge in [0, 0.05) is 10.9 Å². The fourth-order valence-electron chi connectivity index (χ4n) is 2.92. The number of halogens is 1. The van der Waals surface area contributed by atoms with E-state index in [1.807, 2.05) is 0 Å². The van der Waals surface area contributed by atoms with E-state index in [0.29, 0.717) is 16.7 Å². The van der Waals surface area contributed by atoms with E-state index in [9.17, 15) is 14.0 Å². The van der Waals surface area contributed by atoms with Gasteiger partial charge in [-0.3, -0.25) is 9.59 Å². The Kier molecular flexibility index (Phi) is 7.09. The molecule has 0 bridgehead atoms. The van der Waals surface area contributed by atoms with Crippen molar-refractivity contribution in [2.24, 2.45) is 11.8 Å². The van der Waals surface area contributed by atoms with E-state index in [2.05, 4.69) is 19.2 Å². The largest absolute Gasteiger partial charge is 0.455 e. The van der Waals surface area contributed by atoms with Crippen molar-refractivity contribution < 1.29 is 18.7 Å². The number of hydrogen-bond donors (Lipinski definition) is 1. The van der Waals surface area contributed by atoms with Crippen LogP contribution in [0.3, 0.4) is 0 Å². The van der Waals surface area contributed by atoms with Crippen molar-refractivity contribution in [3.05, 3.63) is 30.1 Å². The summed E-state index contributed by atoms with van der Waals surface area (Å²) in [4.78, 5) is 24.0. The van der Waals surface area contributed by atoms with Gasteiger partial charge in [-0.1, -0.05) is 38.8 Å². The van der Waals surface area contributed by atoms with Crippen LogP contribution in [0.4, 0.5) is 4.39 Å². The molecular formula is C18H24FNO3S. The Morgan fingerprint density at radius 1 is 1.29 bits per heavy atom. The molecule has 1 aromatic rings. The number of hydrogen-bond acceptors (Lipinski definition) is 4. The number of amides is 1. The second kappa shape index (κ2) is 9.06. The molecule has 0 heterocycles. The number of carbonyl (C=O) groups excluding carboxylic acids is 2. The highest BCUT2D eigenvalue weighted by atomic mass is 32.2. The average molecular weight is 353 g/mol. The number of carbonyl (C=O) groups is 2. The lowest BCUT2D eigenvalue weighted by Crippen LogP contribution is -2.45. The van der Waals surface area contributed by atoms with Crippen LogP contribution in [0.1, 0.15) is 33.1 Å². The maximum atomic E-state index is 13.4. The van der Waals surface area contributed by atoms with E-state index < -0.39 is 5.97 Å². The van der Waals surface area contributed by atoms with Gasteiger partial charge in [0.25, 0.3) is 5.91 Å². The summed E-state index contributed by atoms with van der Waals surface area (Å²) in [5.74, 6) is -0.175. The standard InChI is InChI=1S/C18H24FNO3S/c1-12-6-5-8-15(13(12)2)20-17(21)10-23-18(22)11-24-16-9-4-3-7-14(16)19/h3-4,7,9,12-13,15H,5-6,8,10-11H2,1-2H3,(H,20,21)/t12-,13+,15-/m0/s1. The fourth-order valence-corrected chi connectivity index (χ4v) is 3.66. The SMILES string of the molecule is C[C@H]1[C@@H](NC(=O)COC(=O)CSc2ccccc2F)CCC[C@@H]1C. The number of rotatable bonds is 6. The lowest BCUT2D eigenvalue weighted by molar-refractivity contribution is -0.146. The van der Waals surface area contributed by atoms with Crippen molar-refractivity contribution in [1.82, 2.24) is 5.32 Å². The minimum Gasteiger partial charge on any atom is -0.455 e. The zero-order valence-corrected chi connectivity index (χ0v) is 14.9. The van der Waals surface area contributed by atoms with Gasteiger partial charge in [-0.15, -0.1) is 11.8 Å². The van der Waals surface area contributed by atoms with Crippen molar-refractivity contribution in [1.29, 1.82) is 0 Å². The molecule has 1 N–H and O–H groups in total. The number of nitrogens with one attached hydrogen (secondary N) is 1. The maximum absolute atomic E-state index is 13.4. The van der Waals surface area contributed by atoms with E-state index in [-0.39, 0.29) is 30.1 Å². The molecule has 6 heteroatoms. The molecule has 0 unspecified atom stereocenters. The van der Waals surface area contributed by atoms with Gasteiger partial charge in [0.1, 0.15) is 5.82 Å². The normalized spacial score (nSPS) is 23.5. The zero-order valence-electron chi connectivity index (χ0n) is 14.1. The molecule has 1 saturated carbocycles. The minimum atomic E-state index is -0.525. The summed E-state index contributed by atoms with van der Waals surface area (Å²) in [6.07, 6.45) is 3.26. The van der Waals surface area contributed by atoms with Gasteiger partial charge >= 0.3 is 5.97 Å². The van der Waals surface area contributed by atoms with Crippen LogP contribution in [0, 0.1) is 17.7 Å². The van der Waals surface area contributed by atoms with Gasteiger partial charge in [-0.2, -0.15) is 0 Å². The Balaban J connectivity index is 1.69. The highest BCUT2D eigenvalue weighted by Crippen LogP contribution is 2.29. The molecule has 0 spiro atoms. The van der Waals surface area contributed by atoms with Crippen molar-refractivity contribution in [2.75, 3.05) is 12.4 Å². The third-order valence-corrected chi connectivity index (χ3v) is 5.62. The van der Waals surface area contributed by atoms with Crippen molar-refractivity contribution in [3.8, 4) is 0 Å². The number of ether oxygens (including phenoxy) is 1. The molecule has 1 fully saturated rings. The van der Waals surface area contributed by atoms with Crippen LogP contribution < -0.4 is 5.32 Å². The summed E-state index contributed by atoms with van der Waals surface area (Å²) in [5.41, 5.74) is 0. The van der Waals surface area contributed by atoms with Crippen LogP contribution in [-0.2, 0) is 14.3 Å². The van der Waals surface area contributed by atoms with Gasteiger partial charge in [0.15, 0.2) is 6.61 Å². The van der Waals surface area contributed by atoms with Crippen molar-refractivity contribution in [2.45, 2.75) is 44.0 Å². The molecule has 1 aliphatic rings. The highest BCUT2D eigenvalue weighted by Gasteiger charge is 2.28. The summed E-state index contributed by atoms with van der Waals surface area (Å²) < 4.78 is 18.4. The lowest BCUT2D eigenvalue weighted by atomic mass is 9.78. The first-order valence-electron chi connectivity index (χ1n) is 8.29. The fraction of sp³-hybridized carbons (Fsp3) is 0.556. The Morgan fingerprint density at radius 3 is 2.79 bits per heavy atom. The maximum Gasteiger partial charge on any atom is 0.316 e. The van der Waals surface area contributed by atoms with E-state index >= 15 is 0 Å². The molecule has 132 valence electrons. The third kappa shape index (κ3) is 5.51. The van der Waals surface area contributed by atoms with Crippen molar-refractivity contribution >= 4 is 23.6 Å². The van der Waals surface area contributed by atoms with E-state index in [4.69, 9.17) is 4.74 Å². The van der Waals surface area contributed by atoms with Gasteiger partial charge < -0.3 is 10.1 Å². The van der Waals surface area contributed by atoms with E-state index in [1.54, 1.807) is 18.2 Å². The third-order valence-electron chi connectivity index (χ3n) is 4.60. The Bertz CT molecular complexity index is 581. The first-order chi connectivity index (χ1) is 11.5. The summed E-state index contributed by atoms with van der Waals surface area (Å²) >= 11 is 1.06. The van der Waals surface area contributed by atoms with Crippen molar-refractivity contribution in [3.63, 3.8) is 0 Å². The van der Waals surface area contributed by atoms with Crippen LogP contribution in [-0.4, -0.2) is 30.3 Å². The molecule has 0 radical (unpaired) electrons. The second-order valence-electron chi connectivity index (χ2n) is 6.32. The summed E-state index contributed by atoms with van der Waals surface area (Å²) in [6.45, 7) is 4.06. The molecule has 0 aromatic heterocycles. The molecular weight excluding hydrogens is 329 g/mol. The molecule has 24 heavy (non-hydrogen) atoms. The molecule has 1 amide bonds. The topological polar surface area (TPSA) is 55.4 Å². The van der Waals surface area contributed by atoms with Crippen LogP contribution >= 0.6 is 11.8 Å². The first-order valence-corrected chi connectivity index (χ1v) is 9.28. The zero-order chi connectivity index (χ0) is 17.5. The van der Waals surface area contributed by atoms with Crippen LogP contribution in [0.2, 0.25) is 0 Å². The smallest absolute Gasteiger partial charge is 0.316 e. The average Bonchev–Trinajstić information content (AvgIpc) is 2.56. The minimum absolute atomic E-state index is 0.0227. The van der Waals surface area contributed by atoms with Gasteiger partial charge in [0.2, 0.25) is 0 Å². The molecule has 0 aliphatic heterocycles. The highest BCUT2D eigenvalue weighted by molar-refractivity contribution is 8.00. The molecule has 3 atom stereocenters. The van der Waals surface area contributed by atoms with Crippen LogP contribution in [0.25, 0.3) is 0 Å². The number of esters is 1.